The normalized spacial score (nSPS) is 41.0. The topological polar surface area (TPSA) is 79.5 Å². The van der Waals surface area contributed by atoms with Crippen LogP contribution < -0.4 is 16.0 Å². The Morgan fingerprint density at radius 3 is 2.69 bits per heavy atom. The summed E-state index contributed by atoms with van der Waals surface area (Å²) in [5.74, 6) is 0.627. The average molecular weight is 430 g/mol. The molecule has 2 bridgehead atoms. The third-order valence-corrected chi connectivity index (χ3v) is 7.74. The van der Waals surface area contributed by atoms with Gasteiger partial charge in [0.05, 0.1) is 16.9 Å². The van der Waals surface area contributed by atoms with Crippen LogP contribution in [0.25, 0.3) is 0 Å². The van der Waals surface area contributed by atoms with E-state index < -0.39 is 11.5 Å². The number of carbonyl (C=O) groups excluding carboxylic acids is 2. The molecule has 4 unspecified atom stereocenters. The first-order valence-electron chi connectivity index (χ1n) is 11.1. The minimum absolute atomic E-state index is 0.0549. The minimum atomic E-state index is -1.07. The quantitative estimate of drug-likeness (QED) is 0.516. The van der Waals surface area contributed by atoms with Gasteiger partial charge in [0.15, 0.2) is 0 Å². The molecule has 4 atom stereocenters. The van der Waals surface area contributed by atoms with Crippen molar-refractivity contribution in [3.8, 4) is 0 Å². The van der Waals surface area contributed by atoms with Crippen molar-refractivity contribution in [1.82, 2.24) is 16.0 Å². The Labute approximate surface area is 177 Å². The van der Waals surface area contributed by atoms with Crippen LogP contribution in [-0.4, -0.2) is 61.2 Å². The fourth-order valence-corrected chi connectivity index (χ4v) is 5.86. The second kappa shape index (κ2) is 8.67. The van der Waals surface area contributed by atoms with Crippen LogP contribution in [0.5, 0.6) is 0 Å². The van der Waals surface area contributed by atoms with Crippen LogP contribution in [0.2, 0.25) is 0 Å². The molecule has 1 saturated heterocycles. The summed E-state index contributed by atoms with van der Waals surface area (Å²) in [6.45, 7) is 2.84. The maximum absolute atomic E-state index is 13.7. The first-order valence-corrected chi connectivity index (χ1v) is 11.5. The molecule has 6 nitrogen and oxygen atoms in total. The van der Waals surface area contributed by atoms with E-state index in [0.29, 0.717) is 38.0 Å². The molecular weight excluding hydrogens is 397 g/mol. The second-order valence-electron chi connectivity index (χ2n) is 9.67. The van der Waals surface area contributed by atoms with E-state index in [9.17, 15) is 14.0 Å². The summed E-state index contributed by atoms with van der Waals surface area (Å²) in [5.41, 5.74) is -0.513. The molecule has 5 fully saturated rings. The Morgan fingerprint density at radius 1 is 1.21 bits per heavy atom. The predicted octanol–water partition coefficient (Wildman–Crippen LogP) is 2.05. The number of rotatable bonds is 8. The van der Waals surface area contributed by atoms with E-state index in [0.717, 1.165) is 26.1 Å². The molecular formula is C21H33ClFN3O3. The molecule has 5 rings (SSSR count). The lowest BCUT2D eigenvalue weighted by atomic mass is 9.39. The summed E-state index contributed by atoms with van der Waals surface area (Å²) < 4.78 is 19.2. The van der Waals surface area contributed by atoms with Crippen LogP contribution in [-0.2, 0) is 14.3 Å². The van der Waals surface area contributed by atoms with Crippen LogP contribution in [0.4, 0.5) is 4.39 Å². The monoisotopic (exact) mass is 429 g/mol. The lowest BCUT2D eigenvalue weighted by Gasteiger charge is -2.69. The SMILES string of the molecule is O=C(COC1CCC(Cl)C(F)C1)NC12CC(C(=O)NCCC3CCCNC3)(C1)C2. The van der Waals surface area contributed by atoms with Gasteiger partial charge in [-0.25, -0.2) is 4.39 Å². The predicted molar refractivity (Wildman–Crippen MR) is 109 cm³/mol. The number of hydrogen-bond donors (Lipinski definition) is 3. The van der Waals surface area contributed by atoms with Gasteiger partial charge in [-0.3, -0.25) is 9.59 Å². The molecule has 0 aromatic carbocycles. The summed E-state index contributed by atoms with van der Waals surface area (Å²) >= 11 is 5.88. The number of halogens is 2. The molecule has 29 heavy (non-hydrogen) atoms. The molecule has 5 aliphatic rings. The highest BCUT2D eigenvalue weighted by Crippen LogP contribution is 2.67. The maximum Gasteiger partial charge on any atom is 0.246 e. The molecule has 1 aliphatic heterocycles. The zero-order chi connectivity index (χ0) is 20.5. The molecule has 0 radical (unpaired) electrons. The van der Waals surface area contributed by atoms with E-state index in [4.69, 9.17) is 16.3 Å². The van der Waals surface area contributed by atoms with Crippen LogP contribution >= 0.6 is 11.6 Å². The fraction of sp³-hybridized carbons (Fsp3) is 0.905. The molecule has 164 valence electrons. The number of carbonyl (C=O) groups is 2. The van der Waals surface area contributed by atoms with E-state index >= 15 is 0 Å². The lowest BCUT2D eigenvalue weighted by Crippen LogP contribution is -2.78. The Morgan fingerprint density at radius 2 is 2.00 bits per heavy atom. The Kier molecular flexibility index (Phi) is 6.38. The summed E-state index contributed by atoms with van der Waals surface area (Å²) in [4.78, 5) is 24.8. The molecule has 4 saturated carbocycles. The highest BCUT2D eigenvalue weighted by atomic mass is 35.5. The van der Waals surface area contributed by atoms with Gasteiger partial charge in [-0.05, 0) is 70.4 Å². The van der Waals surface area contributed by atoms with Gasteiger partial charge in [0.1, 0.15) is 12.8 Å². The van der Waals surface area contributed by atoms with Crippen molar-refractivity contribution >= 4 is 23.4 Å². The highest BCUT2D eigenvalue weighted by Gasteiger charge is 2.72. The lowest BCUT2D eigenvalue weighted by molar-refractivity contribution is -0.184. The zero-order valence-corrected chi connectivity index (χ0v) is 17.7. The highest BCUT2D eigenvalue weighted by molar-refractivity contribution is 6.21. The third-order valence-electron chi connectivity index (χ3n) is 7.25. The first kappa shape index (κ1) is 21.3. The number of piperidine rings is 1. The molecule has 0 aromatic heterocycles. The van der Waals surface area contributed by atoms with Crippen molar-refractivity contribution in [2.45, 2.75) is 81.0 Å². The van der Waals surface area contributed by atoms with Gasteiger partial charge < -0.3 is 20.7 Å². The molecule has 0 spiro atoms. The number of hydrogen-bond acceptors (Lipinski definition) is 4. The van der Waals surface area contributed by atoms with E-state index in [1.54, 1.807) is 0 Å². The van der Waals surface area contributed by atoms with Crippen LogP contribution in [0.3, 0.4) is 0 Å². The first-order chi connectivity index (χ1) is 13.9. The zero-order valence-electron chi connectivity index (χ0n) is 17.0. The van der Waals surface area contributed by atoms with Crippen LogP contribution in [0, 0.1) is 11.3 Å². The van der Waals surface area contributed by atoms with Gasteiger partial charge in [0.25, 0.3) is 0 Å². The van der Waals surface area contributed by atoms with Gasteiger partial charge in [-0.15, -0.1) is 11.6 Å². The molecule has 8 heteroatoms. The van der Waals surface area contributed by atoms with Crippen molar-refractivity contribution in [3.63, 3.8) is 0 Å². The van der Waals surface area contributed by atoms with Crippen molar-refractivity contribution in [1.29, 1.82) is 0 Å². The molecule has 1 heterocycles. The molecule has 4 aliphatic carbocycles. The average Bonchev–Trinajstić information content (AvgIpc) is 2.65. The van der Waals surface area contributed by atoms with E-state index in [2.05, 4.69) is 16.0 Å². The Bertz CT molecular complexity index is 609. The van der Waals surface area contributed by atoms with Gasteiger partial charge in [0, 0.05) is 18.5 Å². The summed E-state index contributed by atoms with van der Waals surface area (Å²) in [5, 5.41) is 9.11. The van der Waals surface area contributed by atoms with Crippen molar-refractivity contribution in [3.05, 3.63) is 0 Å². The number of nitrogens with one attached hydrogen (secondary N) is 3. The van der Waals surface area contributed by atoms with Gasteiger partial charge in [-0.1, -0.05) is 0 Å². The van der Waals surface area contributed by atoms with Crippen molar-refractivity contribution in [2.24, 2.45) is 11.3 Å². The van der Waals surface area contributed by atoms with Crippen LogP contribution in [0.1, 0.15) is 57.8 Å². The van der Waals surface area contributed by atoms with Gasteiger partial charge in [-0.2, -0.15) is 0 Å². The standard InChI is InChI=1S/C21H33ClFN3O3/c22-16-4-3-15(8-17(16)23)29-10-18(27)26-21-11-20(12-21,13-21)19(28)25-7-5-14-2-1-6-24-9-14/h14-17,24H,1-13H2,(H,25,28)(H,26,27). The number of amides is 2. The van der Waals surface area contributed by atoms with E-state index in [1.165, 1.54) is 12.8 Å². The Hall–Kier alpha value is -0.920. The maximum atomic E-state index is 13.7. The van der Waals surface area contributed by atoms with E-state index in [1.807, 2.05) is 0 Å². The molecule has 3 N–H and O–H groups in total. The summed E-state index contributed by atoms with van der Waals surface area (Å²) in [6, 6.07) is 0. The fourth-order valence-electron chi connectivity index (χ4n) is 5.63. The summed E-state index contributed by atoms with van der Waals surface area (Å²) in [7, 11) is 0. The third kappa shape index (κ3) is 4.72. The largest absolute Gasteiger partial charge is 0.368 e. The minimum Gasteiger partial charge on any atom is -0.368 e. The van der Waals surface area contributed by atoms with Crippen LogP contribution in [0.15, 0.2) is 0 Å². The molecule has 2 amide bonds. The van der Waals surface area contributed by atoms with Crippen molar-refractivity contribution in [2.75, 3.05) is 26.2 Å². The number of alkyl halides is 2. The smallest absolute Gasteiger partial charge is 0.246 e. The van der Waals surface area contributed by atoms with Crippen molar-refractivity contribution < 1.29 is 18.7 Å². The summed E-state index contributed by atoms with van der Waals surface area (Å²) in [6.07, 6.45) is 5.85. The second-order valence-corrected chi connectivity index (χ2v) is 10.2. The number of ether oxygens (including phenoxy) is 1. The van der Waals surface area contributed by atoms with Gasteiger partial charge in [0.2, 0.25) is 11.8 Å². The molecule has 0 aromatic rings. The van der Waals surface area contributed by atoms with Gasteiger partial charge >= 0.3 is 0 Å². The Balaban J connectivity index is 1.11. The van der Waals surface area contributed by atoms with E-state index in [-0.39, 0.29) is 41.9 Å².